The Bertz CT molecular complexity index is 537. The monoisotopic (exact) mass is 323 g/mol. The Morgan fingerprint density at radius 3 is 2.79 bits per heavy atom. The van der Waals surface area contributed by atoms with Gasteiger partial charge < -0.3 is 0 Å². The minimum absolute atomic E-state index is 0.0638. The lowest BCUT2D eigenvalue weighted by atomic mass is 10.1. The molecule has 0 spiro atoms. The summed E-state index contributed by atoms with van der Waals surface area (Å²) >= 11 is 3.50. The Kier molecular flexibility index (Phi) is 4.68. The molecule has 102 valence electrons. The van der Waals surface area contributed by atoms with Crippen LogP contribution in [0, 0.1) is 0 Å². The molecule has 2 aromatic rings. The van der Waals surface area contributed by atoms with Crippen LogP contribution in [0.1, 0.15) is 37.3 Å². The van der Waals surface area contributed by atoms with E-state index in [0.29, 0.717) is 12.5 Å². The molecule has 2 heterocycles. The van der Waals surface area contributed by atoms with Gasteiger partial charge in [0.05, 0.1) is 17.4 Å². The summed E-state index contributed by atoms with van der Waals surface area (Å²) in [5.74, 6) is 5.64. The maximum Gasteiger partial charge on any atom is 0.0732 e. The van der Waals surface area contributed by atoms with E-state index in [-0.39, 0.29) is 6.04 Å². The first kappa shape index (κ1) is 14.2. The van der Waals surface area contributed by atoms with Gasteiger partial charge in [-0.05, 0) is 48.0 Å². The molecule has 0 saturated heterocycles. The number of nitrogens with two attached hydrogens (primary N) is 1. The average Bonchev–Trinajstić information content (AvgIpc) is 2.86. The summed E-state index contributed by atoms with van der Waals surface area (Å²) in [6.07, 6.45) is 4.45. The summed E-state index contributed by atoms with van der Waals surface area (Å²) in [6, 6.07) is 6.15. The van der Waals surface area contributed by atoms with Gasteiger partial charge in [-0.2, -0.15) is 5.10 Å². The number of aromatic nitrogens is 3. The first-order chi connectivity index (χ1) is 9.11. The van der Waals surface area contributed by atoms with Crippen molar-refractivity contribution in [2.75, 3.05) is 0 Å². The molecular formula is C13H18BrN5. The SMILES string of the molecule is CC(C)n1ccc(CC(NN)c2ncccc2Br)n1. The molecule has 0 aliphatic heterocycles. The molecule has 0 aliphatic rings. The summed E-state index contributed by atoms with van der Waals surface area (Å²) < 4.78 is 2.89. The van der Waals surface area contributed by atoms with Crippen molar-refractivity contribution in [3.05, 3.63) is 46.5 Å². The van der Waals surface area contributed by atoms with Crippen molar-refractivity contribution in [1.29, 1.82) is 0 Å². The van der Waals surface area contributed by atoms with Crippen molar-refractivity contribution in [3.63, 3.8) is 0 Å². The molecule has 0 saturated carbocycles. The van der Waals surface area contributed by atoms with Crippen molar-refractivity contribution in [1.82, 2.24) is 20.2 Å². The van der Waals surface area contributed by atoms with Gasteiger partial charge >= 0.3 is 0 Å². The van der Waals surface area contributed by atoms with Gasteiger partial charge in [0.1, 0.15) is 0 Å². The molecule has 6 heteroatoms. The molecule has 0 amide bonds. The molecular weight excluding hydrogens is 306 g/mol. The minimum atomic E-state index is -0.0638. The summed E-state index contributed by atoms with van der Waals surface area (Å²) in [6.45, 7) is 4.20. The third-order valence-corrected chi connectivity index (χ3v) is 3.59. The second-order valence-electron chi connectivity index (χ2n) is 4.67. The molecule has 2 rings (SSSR count). The third kappa shape index (κ3) is 3.40. The lowest BCUT2D eigenvalue weighted by Crippen LogP contribution is -2.30. The molecule has 1 atom stereocenters. The first-order valence-corrected chi connectivity index (χ1v) is 7.01. The Morgan fingerprint density at radius 1 is 1.42 bits per heavy atom. The Labute approximate surface area is 121 Å². The maximum atomic E-state index is 5.64. The fourth-order valence-electron chi connectivity index (χ4n) is 1.87. The number of pyridine rings is 1. The minimum Gasteiger partial charge on any atom is -0.271 e. The number of rotatable bonds is 5. The fourth-order valence-corrected chi connectivity index (χ4v) is 2.40. The van der Waals surface area contributed by atoms with Crippen LogP contribution < -0.4 is 11.3 Å². The van der Waals surface area contributed by atoms with Crippen LogP contribution in [-0.2, 0) is 6.42 Å². The second kappa shape index (κ2) is 6.27. The summed E-state index contributed by atoms with van der Waals surface area (Å²) in [4.78, 5) is 4.36. The van der Waals surface area contributed by atoms with Gasteiger partial charge in [-0.1, -0.05) is 0 Å². The van der Waals surface area contributed by atoms with Gasteiger partial charge in [-0.15, -0.1) is 0 Å². The average molecular weight is 324 g/mol. The van der Waals surface area contributed by atoms with Crippen LogP contribution in [0.2, 0.25) is 0 Å². The van der Waals surface area contributed by atoms with E-state index < -0.39 is 0 Å². The zero-order valence-electron chi connectivity index (χ0n) is 11.0. The number of hydrazine groups is 1. The molecule has 1 unspecified atom stereocenters. The number of halogens is 1. The van der Waals surface area contributed by atoms with Crippen LogP contribution in [-0.4, -0.2) is 14.8 Å². The third-order valence-electron chi connectivity index (χ3n) is 2.92. The Morgan fingerprint density at radius 2 is 2.21 bits per heavy atom. The highest BCUT2D eigenvalue weighted by atomic mass is 79.9. The molecule has 2 aromatic heterocycles. The molecule has 0 fully saturated rings. The van der Waals surface area contributed by atoms with E-state index in [1.54, 1.807) is 6.20 Å². The molecule has 19 heavy (non-hydrogen) atoms. The van der Waals surface area contributed by atoms with Gasteiger partial charge in [0, 0.05) is 29.3 Å². The topological polar surface area (TPSA) is 68.8 Å². The standard InChI is InChI=1S/C13H18BrN5/c1-9(2)19-7-5-10(18-19)8-12(17-15)13-11(14)4-3-6-16-13/h3-7,9,12,17H,8,15H2,1-2H3. The van der Waals surface area contributed by atoms with E-state index in [1.165, 1.54) is 0 Å². The predicted molar refractivity (Wildman–Crippen MR) is 78.3 cm³/mol. The highest BCUT2D eigenvalue weighted by Gasteiger charge is 2.16. The molecule has 5 nitrogen and oxygen atoms in total. The summed E-state index contributed by atoms with van der Waals surface area (Å²) in [5.41, 5.74) is 4.69. The smallest absolute Gasteiger partial charge is 0.0732 e. The zero-order chi connectivity index (χ0) is 13.8. The largest absolute Gasteiger partial charge is 0.271 e. The predicted octanol–water partition coefficient (Wildman–Crippen LogP) is 2.37. The van der Waals surface area contributed by atoms with Gasteiger partial charge in [0.2, 0.25) is 0 Å². The van der Waals surface area contributed by atoms with Crippen molar-refractivity contribution < 1.29 is 0 Å². The van der Waals surface area contributed by atoms with Gasteiger partial charge in [0.25, 0.3) is 0 Å². The van der Waals surface area contributed by atoms with Gasteiger partial charge in [-0.25, -0.2) is 0 Å². The lowest BCUT2D eigenvalue weighted by molar-refractivity contribution is 0.501. The van der Waals surface area contributed by atoms with Crippen LogP contribution >= 0.6 is 15.9 Å². The van der Waals surface area contributed by atoms with E-state index in [1.807, 2.05) is 29.1 Å². The van der Waals surface area contributed by atoms with Crippen molar-refractivity contribution in [2.45, 2.75) is 32.4 Å². The fraction of sp³-hybridized carbons (Fsp3) is 0.385. The molecule has 0 aliphatic carbocycles. The summed E-state index contributed by atoms with van der Waals surface area (Å²) in [7, 11) is 0. The van der Waals surface area contributed by atoms with Crippen LogP contribution in [0.3, 0.4) is 0 Å². The summed E-state index contributed by atoms with van der Waals surface area (Å²) in [5, 5.41) is 4.53. The molecule has 0 radical (unpaired) electrons. The van der Waals surface area contributed by atoms with Gasteiger partial charge in [-0.3, -0.25) is 20.9 Å². The van der Waals surface area contributed by atoms with Crippen LogP contribution in [0.15, 0.2) is 35.1 Å². The number of hydrogen-bond donors (Lipinski definition) is 2. The van der Waals surface area contributed by atoms with Gasteiger partial charge in [0.15, 0.2) is 0 Å². The first-order valence-electron chi connectivity index (χ1n) is 6.22. The van der Waals surface area contributed by atoms with Crippen molar-refractivity contribution in [3.8, 4) is 0 Å². The molecule has 0 bridgehead atoms. The van der Waals surface area contributed by atoms with E-state index in [2.05, 4.69) is 45.3 Å². The van der Waals surface area contributed by atoms with Crippen LogP contribution in [0.4, 0.5) is 0 Å². The van der Waals surface area contributed by atoms with Crippen molar-refractivity contribution in [2.24, 2.45) is 5.84 Å². The van der Waals surface area contributed by atoms with E-state index >= 15 is 0 Å². The van der Waals surface area contributed by atoms with Crippen molar-refractivity contribution >= 4 is 15.9 Å². The lowest BCUT2D eigenvalue weighted by Gasteiger charge is -2.15. The van der Waals surface area contributed by atoms with Crippen LogP contribution in [0.25, 0.3) is 0 Å². The quantitative estimate of drug-likeness (QED) is 0.654. The number of hydrogen-bond acceptors (Lipinski definition) is 4. The second-order valence-corrected chi connectivity index (χ2v) is 5.53. The van der Waals surface area contributed by atoms with Crippen LogP contribution in [0.5, 0.6) is 0 Å². The van der Waals surface area contributed by atoms with E-state index in [9.17, 15) is 0 Å². The molecule has 3 N–H and O–H groups in total. The Balaban J connectivity index is 2.17. The number of nitrogens with one attached hydrogen (secondary N) is 1. The Hall–Kier alpha value is -1.24. The normalized spacial score (nSPS) is 12.9. The zero-order valence-corrected chi connectivity index (χ0v) is 12.6. The highest BCUT2D eigenvalue weighted by Crippen LogP contribution is 2.23. The number of nitrogens with zero attached hydrogens (tertiary/aromatic N) is 3. The maximum absolute atomic E-state index is 5.64. The highest BCUT2D eigenvalue weighted by molar-refractivity contribution is 9.10. The van der Waals surface area contributed by atoms with E-state index in [0.717, 1.165) is 15.9 Å². The van der Waals surface area contributed by atoms with E-state index in [4.69, 9.17) is 5.84 Å². The molecule has 0 aromatic carbocycles.